The van der Waals surface area contributed by atoms with Gasteiger partial charge in [-0.15, -0.1) is 0 Å². The number of rotatable bonds is 3. The fourth-order valence-electron chi connectivity index (χ4n) is 3.22. The van der Waals surface area contributed by atoms with Gasteiger partial charge in [0, 0.05) is 17.8 Å². The Kier molecular flexibility index (Phi) is 3.88. The van der Waals surface area contributed by atoms with Crippen LogP contribution >= 0.6 is 0 Å². The van der Waals surface area contributed by atoms with Gasteiger partial charge in [0.1, 0.15) is 12.4 Å². The summed E-state index contributed by atoms with van der Waals surface area (Å²) in [6.45, 7) is 11.2. The molecule has 2 heterocycles. The Morgan fingerprint density at radius 3 is 2.74 bits per heavy atom. The van der Waals surface area contributed by atoms with Gasteiger partial charge in [0.05, 0.1) is 17.3 Å². The lowest BCUT2D eigenvalue weighted by Gasteiger charge is -2.13. The fourth-order valence-corrected chi connectivity index (χ4v) is 3.22. The van der Waals surface area contributed by atoms with Crippen LogP contribution in [0.4, 0.5) is 0 Å². The van der Waals surface area contributed by atoms with Crippen LogP contribution < -0.4 is 10.1 Å². The molecule has 1 aliphatic heterocycles. The first-order valence-corrected chi connectivity index (χ1v) is 8.01. The van der Waals surface area contributed by atoms with Crippen molar-refractivity contribution in [1.82, 2.24) is 15.1 Å². The molecule has 0 saturated carbocycles. The van der Waals surface area contributed by atoms with Crippen molar-refractivity contribution < 1.29 is 9.53 Å². The van der Waals surface area contributed by atoms with Crippen LogP contribution in [0.3, 0.4) is 0 Å². The molecule has 5 heteroatoms. The number of carbonyl (C=O) groups is 1. The molecule has 122 valence electrons. The standard InChI is InChI=1S/C18H23N3O2/c1-6-21-13(5)16(12(4)20-21)18(22)19-15-9-23-17-11(3)10(2)7-8-14(15)17/h7-8,15H,6,9H2,1-5H3,(H,19,22). The van der Waals surface area contributed by atoms with Crippen LogP contribution in [0.15, 0.2) is 12.1 Å². The van der Waals surface area contributed by atoms with E-state index in [0.717, 1.165) is 34.8 Å². The fraction of sp³-hybridized carbons (Fsp3) is 0.444. The largest absolute Gasteiger partial charge is 0.490 e. The highest BCUT2D eigenvalue weighted by Gasteiger charge is 2.29. The van der Waals surface area contributed by atoms with Gasteiger partial charge in [-0.2, -0.15) is 5.10 Å². The average molecular weight is 313 g/mol. The van der Waals surface area contributed by atoms with Gasteiger partial charge in [0.2, 0.25) is 0 Å². The van der Waals surface area contributed by atoms with Crippen molar-refractivity contribution in [3.8, 4) is 5.75 Å². The van der Waals surface area contributed by atoms with Gasteiger partial charge in [0.15, 0.2) is 0 Å². The van der Waals surface area contributed by atoms with Crippen molar-refractivity contribution in [3.05, 3.63) is 45.8 Å². The Morgan fingerprint density at radius 1 is 1.35 bits per heavy atom. The first-order chi connectivity index (χ1) is 10.9. The van der Waals surface area contributed by atoms with E-state index in [1.807, 2.05) is 31.5 Å². The van der Waals surface area contributed by atoms with Crippen molar-refractivity contribution in [2.24, 2.45) is 0 Å². The molecule has 1 atom stereocenters. The van der Waals surface area contributed by atoms with Gasteiger partial charge in [-0.3, -0.25) is 9.48 Å². The van der Waals surface area contributed by atoms with E-state index in [1.165, 1.54) is 5.56 Å². The molecule has 0 saturated heterocycles. The predicted octanol–water partition coefficient (Wildman–Crippen LogP) is 3.00. The highest BCUT2D eigenvalue weighted by molar-refractivity contribution is 5.96. The number of ether oxygens (including phenoxy) is 1. The summed E-state index contributed by atoms with van der Waals surface area (Å²) in [5.74, 6) is 0.826. The quantitative estimate of drug-likeness (QED) is 0.947. The molecule has 0 aliphatic carbocycles. The number of nitrogens with zero attached hydrogens (tertiary/aromatic N) is 2. The second-order valence-electron chi connectivity index (χ2n) is 6.12. The van der Waals surface area contributed by atoms with Gasteiger partial charge in [-0.25, -0.2) is 0 Å². The first-order valence-electron chi connectivity index (χ1n) is 8.01. The summed E-state index contributed by atoms with van der Waals surface area (Å²) in [4.78, 5) is 12.7. The van der Waals surface area contributed by atoms with Gasteiger partial charge in [0.25, 0.3) is 5.91 Å². The maximum absolute atomic E-state index is 12.7. The molecule has 2 aromatic rings. The van der Waals surface area contributed by atoms with Crippen LogP contribution in [0, 0.1) is 27.7 Å². The van der Waals surface area contributed by atoms with Crippen molar-refractivity contribution >= 4 is 5.91 Å². The van der Waals surface area contributed by atoms with Crippen LogP contribution in [0.1, 0.15) is 51.4 Å². The van der Waals surface area contributed by atoms with Crippen molar-refractivity contribution in [2.45, 2.75) is 47.2 Å². The zero-order valence-electron chi connectivity index (χ0n) is 14.4. The summed E-state index contributed by atoms with van der Waals surface area (Å²) < 4.78 is 7.67. The third kappa shape index (κ3) is 2.50. The summed E-state index contributed by atoms with van der Waals surface area (Å²) in [6, 6.07) is 4.01. The molecule has 23 heavy (non-hydrogen) atoms. The minimum atomic E-state index is -0.111. The average Bonchev–Trinajstić information content (AvgIpc) is 3.04. The maximum atomic E-state index is 12.7. The third-order valence-corrected chi connectivity index (χ3v) is 4.69. The molecule has 1 unspecified atom stereocenters. The van der Waals surface area contributed by atoms with E-state index >= 15 is 0 Å². The number of aromatic nitrogens is 2. The van der Waals surface area contributed by atoms with Crippen LogP contribution in [-0.2, 0) is 6.54 Å². The summed E-state index contributed by atoms with van der Waals surface area (Å²) in [6.07, 6.45) is 0. The molecule has 1 aromatic heterocycles. The van der Waals surface area contributed by atoms with Crippen molar-refractivity contribution in [1.29, 1.82) is 0 Å². The highest BCUT2D eigenvalue weighted by atomic mass is 16.5. The molecule has 3 rings (SSSR count). The van der Waals surface area contributed by atoms with Gasteiger partial charge < -0.3 is 10.1 Å². The predicted molar refractivity (Wildman–Crippen MR) is 89.0 cm³/mol. The summed E-state index contributed by atoms with van der Waals surface area (Å²) in [7, 11) is 0. The molecule has 0 radical (unpaired) electrons. The van der Waals surface area contributed by atoms with E-state index < -0.39 is 0 Å². The number of aryl methyl sites for hydroxylation is 3. The second kappa shape index (κ2) is 5.72. The van der Waals surface area contributed by atoms with E-state index in [2.05, 4.69) is 30.3 Å². The van der Waals surface area contributed by atoms with Crippen molar-refractivity contribution in [3.63, 3.8) is 0 Å². The number of fused-ring (bicyclic) bond motifs is 1. The second-order valence-corrected chi connectivity index (χ2v) is 6.12. The number of carbonyl (C=O) groups excluding carboxylic acids is 1. The highest BCUT2D eigenvalue weighted by Crippen LogP contribution is 2.36. The molecule has 1 amide bonds. The zero-order valence-corrected chi connectivity index (χ0v) is 14.4. The third-order valence-electron chi connectivity index (χ3n) is 4.69. The Hall–Kier alpha value is -2.30. The molecule has 1 aliphatic rings. The molecule has 1 N–H and O–H groups in total. The number of nitrogens with one attached hydrogen (secondary N) is 1. The lowest BCUT2D eigenvalue weighted by molar-refractivity contribution is 0.0929. The molecular formula is C18H23N3O2. The molecule has 5 nitrogen and oxygen atoms in total. The molecule has 0 bridgehead atoms. The zero-order chi connectivity index (χ0) is 16.7. The Balaban J connectivity index is 1.87. The molecule has 0 spiro atoms. The number of hydrogen-bond donors (Lipinski definition) is 1. The van der Waals surface area contributed by atoms with Crippen LogP contribution in [0.2, 0.25) is 0 Å². The van der Waals surface area contributed by atoms with E-state index in [4.69, 9.17) is 4.74 Å². The van der Waals surface area contributed by atoms with Crippen LogP contribution in [-0.4, -0.2) is 22.3 Å². The lowest BCUT2D eigenvalue weighted by Crippen LogP contribution is -2.30. The Morgan fingerprint density at radius 2 is 2.09 bits per heavy atom. The van der Waals surface area contributed by atoms with Gasteiger partial charge >= 0.3 is 0 Å². The minimum Gasteiger partial charge on any atom is -0.490 e. The molecular weight excluding hydrogens is 290 g/mol. The number of benzene rings is 1. The normalized spacial score (nSPS) is 16.1. The summed E-state index contributed by atoms with van der Waals surface area (Å²) in [5.41, 5.74) is 5.74. The first kappa shape index (κ1) is 15.6. The van der Waals surface area contributed by atoms with E-state index in [0.29, 0.717) is 12.2 Å². The Bertz CT molecular complexity index is 777. The van der Waals surface area contributed by atoms with Crippen LogP contribution in [0.5, 0.6) is 5.75 Å². The minimum absolute atomic E-state index is 0.0839. The van der Waals surface area contributed by atoms with Crippen LogP contribution in [0.25, 0.3) is 0 Å². The van der Waals surface area contributed by atoms with Gasteiger partial charge in [-0.1, -0.05) is 12.1 Å². The van der Waals surface area contributed by atoms with E-state index in [-0.39, 0.29) is 11.9 Å². The smallest absolute Gasteiger partial charge is 0.255 e. The van der Waals surface area contributed by atoms with Crippen molar-refractivity contribution in [2.75, 3.05) is 6.61 Å². The SMILES string of the molecule is CCn1nc(C)c(C(=O)NC2COc3c2ccc(C)c3C)c1C. The summed E-state index contributed by atoms with van der Waals surface area (Å²) >= 11 is 0. The maximum Gasteiger partial charge on any atom is 0.255 e. The van der Waals surface area contributed by atoms with E-state index in [1.54, 1.807) is 0 Å². The topological polar surface area (TPSA) is 56.2 Å². The lowest BCUT2D eigenvalue weighted by atomic mass is 10.0. The number of hydrogen-bond acceptors (Lipinski definition) is 3. The number of amides is 1. The van der Waals surface area contributed by atoms with Gasteiger partial charge in [-0.05, 0) is 45.7 Å². The van der Waals surface area contributed by atoms with E-state index in [9.17, 15) is 4.79 Å². The molecule has 1 aromatic carbocycles. The monoisotopic (exact) mass is 313 g/mol. The summed E-state index contributed by atoms with van der Waals surface area (Å²) in [5, 5.41) is 7.52. The Labute approximate surface area is 136 Å². The molecule has 0 fully saturated rings.